The Labute approximate surface area is 142 Å². The number of ether oxygens (including phenoxy) is 1. The maximum Gasteiger partial charge on any atom is 0.451 e. The fourth-order valence-corrected chi connectivity index (χ4v) is 2.06. The first-order valence-corrected chi connectivity index (χ1v) is 7.46. The van der Waals surface area contributed by atoms with E-state index >= 15 is 0 Å². The monoisotopic (exact) mass is 351 g/mol. The molecule has 0 aromatic heterocycles. The van der Waals surface area contributed by atoms with Crippen LogP contribution in [0.4, 0.5) is 18.0 Å². The maximum absolute atomic E-state index is 12.5. The van der Waals surface area contributed by atoms with Crippen molar-refractivity contribution in [2.75, 3.05) is 6.54 Å². The highest BCUT2D eigenvalue weighted by atomic mass is 19.4. The Morgan fingerprint density at radius 1 is 0.880 bits per heavy atom. The van der Waals surface area contributed by atoms with Gasteiger partial charge in [-0.3, -0.25) is 9.69 Å². The number of ketones is 1. The van der Waals surface area contributed by atoms with Gasteiger partial charge in [-0.2, -0.15) is 13.2 Å². The van der Waals surface area contributed by atoms with Gasteiger partial charge in [0.15, 0.2) is 0 Å². The molecule has 0 spiro atoms. The number of halogens is 3. The van der Waals surface area contributed by atoms with Gasteiger partial charge in [-0.25, -0.2) is 4.79 Å². The number of nitrogens with zero attached hydrogens (tertiary/aromatic N) is 1. The quantitative estimate of drug-likeness (QED) is 0.791. The second-order valence-electron chi connectivity index (χ2n) is 5.30. The molecule has 132 valence electrons. The molecule has 0 aliphatic carbocycles. The molecule has 2 rings (SSSR count). The van der Waals surface area contributed by atoms with Crippen LogP contribution in [0.15, 0.2) is 60.7 Å². The summed E-state index contributed by atoms with van der Waals surface area (Å²) in [7, 11) is 0. The van der Waals surface area contributed by atoms with Crippen LogP contribution in [0.3, 0.4) is 0 Å². The molecule has 0 aliphatic heterocycles. The number of hydrogen-bond acceptors (Lipinski definition) is 3. The van der Waals surface area contributed by atoms with E-state index in [2.05, 4.69) is 0 Å². The first-order chi connectivity index (χ1) is 11.9. The van der Waals surface area contributed by atoms with Crippen molar-refractivity contribution in [1.29, 1.82) is 0 Å². The van der Waals surface area contributed by atoms with Gasteiger partial charge >= 0.3 is 12.3 Å². The van der Waals surface area contributed by atoms with Crippen LogP contribution in [0.2, 0.25) is 0 Å². The summed E-state index contributed by atoms with van der Waals surface area (Å²) in [6.07, 6.45) is -5.99. The van der Waals surface area contributed by atoms with E-state index < -0.39 is 24.6 Å². The lowest BCUT2D eigenvalue weighted by Crippen LogP contribution is -2.40. The maximum atomic E-state index is 12.5. The van der Waals surface area contributed by atoms with Crippen LogP contribution >= 0.6 is 0 Å². The van der Waals surface area contributed by atoms with E-state index in [1.807, 2.05) is 0 Å². The standard InChI is InChI=1S/C18H16F3NO3/c19-18(20,21)16(23)12-22(11-14-7-3-1-4-8-14)17(24)25-13-15-9-5-2-6-10-15/h1-10H,11-13H2. The zero-order valence-electron chi connectivity index (χ0n) is 13.2. The molecule has 0 heterocycles. The third-order valence-electron chi connectivity index (χ3n) is 3.33. The highest BCUT2D eigenvalue weighted by molar-refractivity contribution is 5.88. The van der Waals surface area contributed by atoms with Crippen molar-refractivity contribution in [3.05, 3.63) is 71.8 Å². The average molecular weight is 351 g/mol. The molecule has 0 radical (unpaired) electrons. The number of amides is 1. The Hall–Kier alpha value is -2.83. The zero-order chi connectivity index (χ0) is 18.3. The van der Waals surface area contributed by atoms with Crippen LogP contribution in [0.25, 0.3) is 0 Å². The summed E-state index contributed by atoms with van der Waals surface area (Å²) in [4.78, 5) is 24.2. The van der Waals surface area contributed by atoms with Crippen molar-refractivity contribution in [2.45, 2.75) is 19.3 Å². The number of Topliss-reactive ketones (excluding diaryl/α,β-unsaturated/α-hetero) is 1. The fourth-order valence-electron chi connectivity index (χ4n) is 2.06. The van der Waals surface area contributed by atoms with Gasteiger partial charge in [0, 0.05) is 6.54 Å². The summed E-state index contributed by atoms with van der Waals surface area (Å²) in [5, 5.41) is 0. The molecule has 4 nitrogen and oxygen atoms in total. The van der Waals surface area contributed by atoms with Crippen LogP contribution in [-0.4, -0.2) is 29.5 Å². The highest BCUT2D eigenvalue weighted by Gasteiger charge is 2.40. The smallest absolute Gasteiger partial charge is 0.445 e. The molecule has 0 aliphatic rings. The summed E-state index contributed by atoms with van der Waals surface area (Å²) in [5.41, 5.74) is 1.28. The van der Waals surface area contributed by atoms with Crippen LogP contribution in [0.5, 0.6) is 0 Å². The van der Waals surface area contributed by atoms with Gasteiger partial charge in [-0.15, -0.1) is 0 Å². The van der Waals surface area contributed by atoms with Crippen molar-refractivity contribution in [2.24, 2.45) is 0 Å². The minimum Gasteiger partial charge on any atom is -0.445 e. The van der Waals surface area contributed by atoms with Crippen LogP contribution in [0.1, 0.15) is 11.1 Å². The van der Waals surface area contributed by atoms with Crippen molar-refractivity contribution in [1.82, 2.24) is 4.90 Å². The van der Waals surface area contributed by atoms with E-state index in [1.165, 1.54) is 0 Å². The molecule has 7 heteroatoms. The summed E-state index contributed by atoms with van der Waals surface area (Å²) >= 11 is 0. The number of alkyl halides is 3. The van der Waals surface area contributed by atoms with Gasteiger partial charge in [0.05, 0.1) is 6.54 Å². The Bertz CT molecular complexity index is 703. The van der Waals surface area contributed by atoms with E-state index in [1.54, 1.807) is 60.7 Å². The molecule has 0 unspecified atom stereocenters. The van der Waals surface area contributed by atoms with Gasteiger partial charge in [0.25, 0.3) is 5.78 Å². The van der Waals surface area contributed by atoms with E-state index in [0.717, 1.165) is 4.90 Å². The van der Waals surface area contributed by atoms with E-state index in [-0.39, 0.29) is 13.2 Å². The average Bonchev–Trinajstić information content (AvgIpc) is 2.60. The predicted octanol–water partition coefficient (Wildman–Crippen LogP) is 3.96. The summed E-state index contributed by atoms with van der Waals surface area (Å²) < 4.78 is 42.6. The van der Waals surface area contributed by atoms with Gasteiger partial charge in [-0.1, -0.05) is 60.7 Å². The number of hydrogen-bond donors (Lipinski definition) is 0. The number of carbonyl (C=O) groups is 2. The lowest BCUT2D eigenvalue weighted by molar-refractivity contribution is -0.171. The van der Waals surface area contributed by atoms with Gasteiger partial charge < -0.3 is 4.74 Å². The minimum atomic E-state index is -5.01. The normalized spacial score (nSPS) is 11.0. The Kier molecular flexibility index (Phi) is 6.16. The molecule has 1 amide bonds. The fraction of sp³-hybridized carbons (Fsp3) is 0.222. The van der Waals surface area contributed by atoms with Crippen molar-refractivity contribution >= 4 is 11.9 Å². The Balaban J connectivity index is 2.06. The summed E-state index contributed by atoms with van der Waals surface area (Å²) in [6.45, 7) is -1.34. The van der Waals surface area contributed by atoms with Crippen molar-refractivity contribution < 1.29 is 27.5 Å². The summed E-state index contributed by atoms with van der Waals surface area (Å²) in [5.74, 6) is -2.00. The predicted molar refractivity (Wildman–Crippen MR) is 84.5 cm³/mol. The molecular formula is C18H16F3NO3. The minimum absolute atomic E-state index is 0.0921. The Morgan fingerprint density at radius 3 is 1.92 bits per heavy atom. The highest BCUT2D eigenvalue weighted by Crippen LogP contribution is 2.18. The topological polar surface area (TPSA) is 46.6 Å². The lowest BCUT2D eigenvalue weighted by Gasteiger charge is -2.22. The SMILES string of the molecule is O=C(OCc1ccccc1)N(CC(=O)C(F)(F)F)Cc1ccccc1. The number of benzene rings is 2. The number of rotatable bonds is 6. The molecule has 0 saturated heterocycles. The molecule has 0 N–H and O–H groups in total. The molecule has 0 bridgehead atoms. The Morgan fingerprint density at radius 2 is 1.40 bits per heavy atom. The third kappa shape index (κ3) is 5.95. The van der Waals surface area contributed by atoms with Crippen molar-refractivity contribution in [3.63, 3.8) is 0 Å². The first-order valence-electron chi connectivity index (χ1n) is 7.46. The second kappa shape index (κ2) is 8.32. The molecule has 25 heavy (non-hydrogen) atoms. The zero-order valence-corrected chi connectivity index (χ0v) is 13.2. The second-order valence-corrected chi connectivity index (χ2v) is 5.30. The third-order valence-corrected chi connectivity index (χ3v) is 3.33. The van der Waals surface area contributed by atoms with E-state index in [9.17, 15) is 22.8 Å². The largest absolute Gasteiger partial charge is 0.451 e. The number of carbonyl (C=O) groups excluding carboxylic acids is 2. The van der Waals surface area contributed by atoms with Crippen LogP contribution < -0.4 is 0 Å². The van der Waals surface area contributed by atoms with Crippen LogP contribution in [-0.2, 0) is 22.7 Å². The van der Waals surface area contributed by atoms with E-state index in [4.69, 9.17) is 4.74 Å². The van der Waals surface area contributed by atoms with E-state index in [0.29, 0.717) is 11.1 Å². The van der Waals surface area contributed by atoms with Gasteiger partial charge in [0.2, 0.25) is 0 Å². The first kappa shape index (κ1) is 18.5. The molecular weight excluding hydrogens is 335 g/mol. The molecule has 0 saturated carbocycles. The van der Waals surface area contributed by atoms with Gasteiger partial charge in [0.1, 0.15) is 6.61 Å². The van der Waals surface area contributed by atoms with Gasteiger partial charge in [-0.05, 0) is 11.1 Å². The molecule has 0 atom stereocenters. The molecule has 2 aromatic rings. The lowest BCUT2D eigenvalue weighted by atomic mass is 10.2. The summed E-state index contributed by atoms with van der Waals surface area (Å²) in [6, 6.07) is 17.1. The molecule has 2 aromatic carbocycles. The van der Waals surface area contributed by atoms with Crippen LogP contribution in [0, 0.1) is 0 Å². The van der Waals surface area contributed by atoms with Crippen molar-refractivity contribution in [3.8, 4) is 0 Å². The molecule has 0 fully saturated rings.